The van der Waals surface area contributed by atoms with Crippen LogP contribution < -0.4 is 10.6 Å². The second-order valence-corrected chi connectivity index (χ2v) is 8.18. The number of nitrogens with zero attached hydrogens (tertiary/aromatic N) is 3. The monoisotopic (exact) mass is 501 g/mol. The van der Waals surface area contributed by atoms with Crippen LogP contribution in [0.1, 0.15) is 43.9 Å². The number of rotatable bonds is 4. The summed E-state index contributed by atoms with van der Waals surface area (Å²) in [7, 11) is 1.85. The Morgan fingerprint density at radius 2 is 2.18 bits per heavy atom. The molecule has 3 fully saturated rings. The third kappa shape index (κ3) is 4.64. The van der Waals surface area contributed by atoms with Gasteiger partial charge in [0.25, 0.3) is 0 Å². The van der Waals surface area contributed by atoms with Crippen LogP contribution in [0.15, 0.2) is 27.8 Å². The number of amides is 1. The fraction of sp³-hybridized carbons (Fsp3) is 0.700. The van der Waals surface area contributed by atoms with E-state index in [1.54, 1.807) is 6.26 Å². The van der Waals surface area contributed by atoms with Gasteiger partial charge in [0.2, 0.25) is 5.91 Å². The van der Waals surface area contributed by atoms with Gasteiger partial charge in [-0.3, -0.25) is 14.7 Å². The molecule has 4 rings (SSSR count). The van der Waals surface area contributed by atoms with Crippen molar-refractivity contribution in [1.29, 1.82) is 0 Å². The molecular weight excluding hydrogens is 469 g/mol. The highest BCUT2D eigenvalue weighted by atomic mass is 127. The first-order valence-corrected chi connectivity index (χ1v) is 10.2. The van der Waals surface area contributed by atoms with E-state index in [1.807, 2.05) is 13.1 Å². The number of piperidine rings is 1. The van der Waals surface area contributed by atoms with E-state index in [0.717, 1.165) is 63.8 Å². The number of carbonyl (C=O) groups is 1. The number of guanidine groups is 1. The zero-order chi connectivity index (χ0) is 18.7. The number of hydrogen-bond acceptors (Lipinski definition) is 4. The standard InChI is InChI=1S/C20H31N5O2.HI/c1-21-19(25-10-5-7-20(15-25)12-18(26)23-14-20)22-13-16(17-6-4-11-27-17)24-8-2-3-9-24;/h4,6,11,16H,2-3,5,7-10,12-15H2,1H3,(H,21,22)(H,23,26);1H. The maximum atomic E-state index is 11.8. The molecular formula is C20H32IN5O2. The molecule has 2 N–H and O–H groups in total. The molecule has 3 saturated heterocycles. The highest BCUT2D eigenvalue weighted by molar-refractivity contribution is 14.0. The summed E-state index contributed by atoms with van der Waals surface area (Å²) in [6.45, 7) is 5.69. The van der Waals surface area contributed by atoms with Gasteiger partial charge < -0.3 is 20.0 Å². The second kappa shape index (κ2) is 9.47. The van der Waals surface area contributed by atoms with Gasteiger partial charge in [-0.25, -0.2) is 0 Å². The van der Waals surface area contributed by atoms with E-state index < -0.39 is 0 Å². The molecule has 0 aliphatic carbocycles. The van der Waals surface area contributed by atoms with Crippen LogP contribution in [-0.4, -0.2) is 68.0 Å². The van der Waals surface area contributed by atoms with E-state index in [4.69, 9.17) is 4.42 Å². The maximum Gasteiger partial charge on any atom is 0.220 e. The Bertz CT molecular complexity index is 674. The van der Waals surface area contributed by atoms with E-state index in [1.165, 1.54) is 12.8 Å². The molecule has 1 aromatic heterocycles. The lowest BCUT2D eigenvalue weighted by atomic mass is 9.79. The molecule has 28 heavy (non-hydrogen) atoms. The number of halogens is 1. The van der Waals surface area contributed by atoms with Gasteiger partial charge in [0.1, 0.15) is 5.76 Å². The molecule has 1 spiro atoms. The highest BCUT2D eigenvalue weighted by Crippen LogP contribution is 2.36. The fourth-order valence-corrected chi connectivity index (χ4v) is 4.89. The number of furan rings is 1. The lowest BCUT2D eigenvalue weighted by Gasteiger charge is -2.41. The van der Waals surface area contributed by atoms with Gasteiger partial charge in [-0.05, 0) is 50.9 Å². The summed E-state index contributed by atoms with van der Waals surface area (Å²) in [5.74, 6) is 2.14. The Balaban J connectivity index is 0.00000225. The lowest BCUT2D eigenvalue weighted by molar-refractivity contribution is -0.119. The van der Waals surface area contributed by atoms with Crippen molar-refractivity contribution in [2.75, 3.05) is 46.3 Å². The number of aliphatic imine (C=N–C) groups is 1. The van der Waals surface area contributed by atoms with E-state index in [-0.39, 0.29) is 41.3 Å². The Morgan fingerprint density at radius 1 is 1.36 bits per heavy atom. The van der Waals surface area contributed by atoms with Gasteiger partial charge >= 0.3 is 0 Å². The quantitative estimate of drug-likeness (QED) is 0.376. The summed E-state index contributed by atoms with van der Waals surface area (Å²) in [4.78, 5) is 21.1. The molecule has 8 heteroatoms. The van der Waals surface area contributed by atoms with Crippen molar-refractivity contribution in [2.24, 2.45) is 10.4 Å². The Hall–Kier alpha value is -1.29. The molecule has 3 aliphatic heterocycles. The van der Waals surface area contributed by atoms with Crippen molar-refractivity contribution in [3.8, 4) is 0 Å². The molecule has 0 bridgehead atoms. The van der Waals surface area contributed by atoms with Crippen molar-refractivity contribution in [3.05, 3.63) is 24.2 Å². The summed E-state index contributed by atoms with van der Waals surface area (Å²) in [6, 6.07) is 4.26. The van der Waals surface area contributed by atoms with Crippen molar-refractivity contribution in [3.63, 3.8) is 0 Å². The second-order valence-electron chi connectivity index (χ2n) is 8.18. The smallest absolute Gasteiger partial charge is 0.220 e. The average Bonchev–Trinajstić information content (AvgIpc) is 3.43. The molecule has 1 amide bonds. The summed E-state index contributed by atoms with van der Waals surface area (Å²) < 4.78 is 5.73. The van der Waals surface area contributed by atoms with E-state index in [9.17, 15) is 4.79 Å². The van der Waals surface area contributed by atoms with Crippen molar-refractivity contribution in [2.45, 2.75) is 38.1 Å². The van der Waals surface area contributed by atoms with Crippen LogP contribution >= 0.6 is 24.0 Å². The highest BCUT2D eigenvalue weighted by Gasteiger charge is 2.42. The molecule has 4 heterocycles. The number of nitrogens with one attached hydrogen (secondary N) is 2. The summed E-state index contributed by atoms with van der Waals surface area (Å²) >= 11 is 0. The van der Waals surface area contributed by atoms with Gasteiger partial charge in [0, 0.05) is 45.1 Å². The molecule has 0 aromatic carbocycles. The molecule has 2 unspecified atom stereocenters. The number of hydrogen-bond donors (Lipinski definition) is 2. The molecule has 0 radical (unpaired) electrons. The Kier molecular flexibility index (Phi) is 7.25. The number of likely N-dealkylation sites (tertiary alicyclic amines) is 2. The van der Waals surface area contributed by atoms with Crippen LogP contribution in [0.4, 0.5) is 0 Å². The minimum Gasteiger partial charge on any atom is -0.468 e. The maximum absolute atomic E-state index is 11.8. The summed E-state index contributed by atoms with van der Waals surface area (Å²) in [5.41, 5.74) is 0.0717. The van der Waals surface area contributed by atoms with E-state index in [0.29, 0.717) is 6.42 Å². The fourth-order valence-electron chi connectivity index (χ4n) is 4.89. The topological polar surface area (TPSA) is 73.1 Å². The first-order valence-electron chi connectivity index (χ1n) is 10.2. The van der Waals surface area contributed by atoms with Crippen LogP contribution in [0.3, 0.4) is 0 Å². The van der Waals surface area contributed by atoms with Gasteiger partial charge in [-0.2, -0.15) is 0 Å². The van der Waals surface area contributed by atoms with Crippen LogP contribution in [-0.2, 0) is 4.79 Å². The molecule has 7 nitrogen and oxygen atoms in total. The van der Waals surface area contributed by atoms with Crippen LogP contribution in [0.2, 0.25) is 0 Å². The summed E-state index contributed by atoms with van der Waals surface area (Å²) in [5, 5.41) is 6.61. The molecule has 156 valence electrons. The molecule has 0 saturated carbocycles. The average molecular weight is 501 g/mol. The van der Waals surface area contributed by atoms with Gasteiger partial charge in [0.15, 0.2) is 5.96 Å². The SMILES string of the molecule is CN=C(NCC(c1ccco1)N1CCCC1)N1CCCC2(CNC(=O)C2)C1.I. The van der Waals surface area contributed by atoms with E-state index in [2.05, 4.69) is 31.5 Å². The molecule has 3 aliphatic rings. The van der Waals surface area contributed by atoms with Gasteiger partial charge in [-0.15, -0.1) is 24.0 Å². The number of carbonyl (C=O) groups excluding carboxylic acids is 1. The first-order chi connectivity index (χ1) is 13.2. The lowest BCUT2D eigenvalue weighted by Crippen LogP contribution is -2.52. The minimum atomic E-state index is 0. The minimum absolute atomic E-state index is 0. The summed E-state index contributed by atoms with van der Waals surface area (Å²) in [6.07, 6.45) is 7.11. The predicted octanol–water partition coefficient (Wildman–Crippen LogP) is 2.21. The van der Waals surface area contributed by atoms with Crippen LogP contribution in [0, 0.1) is 5.41 Å². The zero-order valence-electron chi connectivity index (χ0n) is 16.7. The van der Waals surface area contributed by atoms with Crippen LogP contribution in [0.25, 0.3) is 0 Å². The van der Waals surface area contributed by atoms with E-state index >= 15 is 0 Å². The molecule has 2 atom stereocenters. The van der Waals surface area contributed by atoms with Crippen LogP contribution in [0.5, 0.6) is 0 Å². The predicted molar refractivity (Wildman–Crippen MR) is 120 cm³/mol. The third-order valence-electron chi connectivity index (χ3n) is 6.28. The first kappa shape index (κ1) is 21.4. The normalized spacial score (nSPS) is 27.0. The molecule has 1 aromatic rings. The Labute approximate surface area is 184 Å². The largest absolute Gasteiger partial charge is 0.468 e. The Morgan fingerprint density at radius 3 is 2.82 bits per heavy atom. The van der Waals surface area contributed by atoms with Gasteiger partial charge in [0.05, 0.1) is 12.3 Å². The van der Waals surface area contributed by atoms with Crippen molar-refractivity contribution >= 4 is 35.8 Å². The third-order valence-corrected chi connectivity index (χ3v) is 6.28. The van der Waals surface area contributed by atoms with Crippen molar-refractivity contribution in [1.82, 2.24) is 20.4 Å². The van der Waals surface area contributed by atoms with Crippen molar-refractivity contribution < 1.29 is 9.21 Å². The van der Waals surface area contributed by atoms with Gasteiger partial charge in [-0.1, -0.05) is 0 Å². The zero-order valence-corrected chi connectivity index (χ0v) is 19.0.